The summed E-state index contributed by atoms with van der Waals surface area (Å²) < 4.78 is 21.5. The molecule has 2 aromatic rings. The molecule has 2 unspecified atom stereocenters. The van der Waals surface area contributed by atoms with Crippen molar-refractivity contribution in [1.29, 1.82) is 0 Å². The maximum Gasteiger partial charge on any atom is 0.231 e. The molecule has 0 saturated heterocycles. The van der Waals surface area contributed by atoms with Gasteiger partial charge in [-0.3, -0.25) is 0 Å². The highest BCUT2D eigenvalue weighted by molar-refractivity contribution is 5.45. The Morgan fingerprint density at radius 2 is 1.72 bits per heavy atom. The fourth-order valence-corrected chi connectivity index (χ4v) is 3.13. The Kier molecular flexibility index (Phi) is 5.34. The number of nitrogens with one attached hydrogen (secondary N) is 1. The number of hydrogen-bond donors (Lipinski definition) is 1. The standard InChI is InChI=1S/C20H25NO4/c1-13(9-15-5-7-17(22-3)19(10-15)23-4)21-14(2)16-6-8-18-20(11-16)25-12-24-18/h5-8,10-11,13-14,21H,9,12H2,1-4H3. The fourth-order valence-electron chi connectivity index (χ4n) is 3.13. The van der Waals surface area contributed by atoms with Crippen LogP contribution in [-0.4, -0.2) is 27.1 Å². The van der Waals surface area contributed by atoms with Crippen LogP contribution < -0.4 is 24.3 Å². The molecule has 2 aromatic carbocycles. The van der Waals surface area contributed by atoms with Gasteiger partial charge in [0.15, 0.2) is 23.0 Å². The molecule has 0 aromatic heterocycles. The van der Waals surface area contributed by atoms with Gasteiger partial charge in [-0.15, -0.1) is 0 Å². The molecule has 1 N–H and O–H groups in total. The Morgan fingerprint density at radius 3 is 2.48 bits per heavy atom. The van der Waals surface area contributed by atoms with Crippen molar-refractivity contribution >= 4 is 0 Å². The van der Waals surface area contributed by atoms with Gasteiger partial charge in [-0.1, -0.05) is 12.1 Å². The van der Waals surface area contributed by atoms with Crippen LogP contribution in [-0.2, 0) is 6.42 Å². The molecule has 1 aliphatic rings. The SMILES string of the molecule is COc1ccc(CC(C)NC(C)c2ccc3c(c2)OCO3)cc1OC. The lowest BCUT2D eigenvalue weighted by molar-refractivity contribution is 0.174. The molecule has 0 bridgehead atoms. The monoisotopic (exact) mass is 343 g/mol. The van der Waals surface area contributed by atoms with Crippen molar-refractivity contribution in [1.82, 2.24) is 5.32 Å². The molecule has 1 heterocycles. The van der Waals surface area contributed by atoms with Crippen LogP contribution in [0.3, 0.4) is 0 Å². The van der Waals surface area contributed by atoms with Gasteiger partial charge in [-0.25, -0.2) is 0 Å². The summed E-state index contributed by atoms with van der Waals surface area (Å²) in [5.74, 6) is 3.14. The van der Waals surface area contributed by atoms with Crippen molar-refractivity contribution in [3.63, 3.8) is 0 Å². The Labute approximate surface area is 148 Å². The number of hydrogen-bond acceptors (Lipinski definition) is 5. The predicted molar refractivity (Wildman–Crippen MR) is 96.8 cm³/mol. The maximum absolute atomic E-state index is 5.46. The molecule has 134 valence electrons. The Morgan fingerprint density at radius 1 is 0.960 bits per heavy atom. The van der Waals surface area contributed by atoms with Gasteiger partial charge in [0.2, 0.25) is 6.79 Å². The van der Waals surface area contributed by atoms with Crippen molar-refractivity contribution in [3.8, 4) is 23.0 Å². The molecule has 0 amide bonds. The minimum Gasteiger partial charge on any atom is -0.493 e. The van der Waals surface area contributed by atoms with E-state index in [-0.39, 0.29) is 6.04 Å². The van der Waals surface area contributed by atoms with Crippen LogP contribution in [0.1, 0.15) is 31.0 Å². The fraction of sp³-hybridized carbons (Fsp3) is 0.400. The molecular weight excluding hydrogens is 318 g/mol. The summed E-state index contributed by atoms with van der Waals surface area (Å²) in [5.41, 5.74) is 2.39. The van der Waals surface area contributed by atoms with E-state index >= 15 is 0 Å². The molecule has 0 saturated carbocycles. The Bertz CT molecular complexity index is 732. The van der Waals surface area contributed by atoms with Gasteiger partial charge >= 0.3 is 0 Å². The van der Waals surface area contributed by atoms with E-state index in [2.05, 4.69) is 31.3 Å². The molecule has 3 rings (SSSR count). The third kappa shape index (κ3) is 3.99. The molecule has 0 fully saturated rings. The van der Waals surface area contributed by atoms with Gasteiger partial charge in [0.25, 0.3) is 0 Å². The maximum atomic E-state index is 5.46. The minimum atomic E-state index is 0.213. The Balaban J connectivity index is 1.63. The normalized spacial score (nSPS) is 14.9. The summed E-state index contributed by atoms with van der Waals surface area (Å²) in [6, 6.07) is 12.7. The topological polar surface area (TPSA) is 49.0 Å². The number of methoxy groups -OCH3 is 2. The second-order valence-electron chi connectivity index (χ2n) is 6.30. The van der Waals surface area contributed by atoms with Crippen LogP contribution in [0.15, 0.2) is 36.4 Å². The lowest BCUT2D eigenvalue weighted by Gasteiger charge is -2.21. The molecular formula is C20H25NO4. The van der Waals surface area contributed by atoms with Crippen molar-refractivity contribution in [2.75, 3.05) is 21.0 Å². The lowest BCUT2D eigenvalue weighted by Crippen LogP contribution is -2.30. The van der Waals surface area contributed by atoms with Crippen molar-refractivity contribution in [2.24, 2.45) is 0 Å². The largest absolute Gasteiger partial charge is 0.493 e. The molecule has 5 nitrogen and oxygen atoms in total. The smallest absolute Gasteiger partial charge is 0.231 e. The first-order valence-electron chi connectivity index (χ1n) is 8.47. The van der Waals surface area contributed by atoms with E-state index in [9.17, 15) is 0 Å². The van der Waals surface area contributed by atoms with Gasteiger partial charge in [0, 0.05) is 12.1 Å². The number of rotatable bonds is 7. The van der Waals surface area contributed by atoms with Crippen LogP contribution in [0.5, 0.6) is 23.0 Å². The molecule has 2 atom stereocenters. The first-order valence-corrected chi connectivity index (χ1v) is 8.47. The summed E-state index contributed by atoms with van der Waals surface area (Å²) in [6.07, 6.45) is 0.898. The van der Waals surface area contributed by atoms with E-state index in [1.54, 1.807) is 14.2 Å². The van der Waals surface area contributed by atoms with Gasteiger partial charge in [-0.05, 0) is 55.7 Å². The number of benzene rings is 2. The van der Waals surface area contributed by atoms with Crippen LogP contribution in [0.25, 0.3) is 0 Å². The first-order chi connectivity index (χ1) is 12.1. The number of fused-ring (bicyclic) bond motifs is 1. The second-order valence-corrected chi connectivity index (χ2v) is 6.30. The van der Waals surface area contributed by atoms with E-state index in [1.165, 1.54) is 11.1 Å². The van der Waals surface area contributed by atoms with E-state index in [0.717, 1.165) is 29.4 Å². The van der Waals surface area contributed by atoms with Crippen molar-refractivity contribution in [2.45, 2.75) is 32.4 Å². The zero-order chi connectivity index (χ0) is 17.8. The van der Waals surface area contributed by atoms with E-state index in [4.69, 9.17) is 18.9 Å². The van der Waals surface area contributed by atoms with E-state index in [1.807, 2.05) is 24.3 Å². The quantitative estimate of drug-likeness (QED) is 0.830. The Hall–Kier alpha value is -2.40. The van der Waals surface area contributed by atoms with E-state index < -0.39 is 0 Å². The molecule has 0 spiro atoms. The highest BCUT2D eigenvalue weighted by Crippen LogP contribution is 2.34. The summed E-state index contributed by atoms with van der Waals surface area (Å²) in [5, 5.41) is 3.63. The summed E-state index contributed by atoms with van der Waals surface area (Å²) in [6.45, 7) is 4.64. The van der Waals surface area contributed by atoms with Crippen LogP contribution >= 0.6 is 0 Å². The van der Waals surface area contributed by atoms with Crippen molar-refractivity contribution in [3.05, 3.63) is 47.5 Å². The van der Waals surface area contributed by atoms with Crippen LogP contribution in [0.4, 0.5) is 0 Å². The summed E-state index contributed by atoms with van der Waals surface area (Å²) in [7, 11) is 3.31. The lowest BCUT2D eigenvalue weighted by atomic mass is 10.0. The third-order valence-corrected chi connectivity index (χ3v) is 4.42. The van der Waals surface area contributed by atoms with Gasteiger partial charge < -0.3 is 24.3 Å². The molecule has 1 aliphatic heterocycles. The summed E-state index contributed by atoms with van der Waals surface area (Å²) in [4.78, 5) is 0. The second kappa shape index (κ2) is 7.66. The highest BCUT2D eigenvalue weighted by Gasteiger charge is 2.17. The van der Waals surface area contributed by atoms with Crippen LogP contribution in [0.2, 0.25) is 0 Å². The van der Waals surface area contributed by atoms with Gasteiger partial charge in [0.1, 0.15) is 0 Å². The number of ether oxygens (including phenoxy) is 4. The molecule has 5 heteroatoms. The summed E-state index contributed by atoms with van der Waals surface area (Å²) >= 11 is 0. The molecule has 0 aliphatic carbocycles. The third-order valence-electron chi connectivity index (χ3n) is 4.42. The van der Waals surface area contributed by atoms with Gasteiger partial charge in [0.05, 0.1) is 14.2 Å². The van der Waals surface area contributed by atoms with Crippen molar-refractivity contribution < 1.29 is 18.9 Å². The highest BCUT2D eigenvalue weighted by atomic mass is 16.7. The zero-order valence-corrected chi connectivity index (χ0v) is 15.2. The molecule has 0 radical (unpaired) electrons. The molecule has 25 heavy (non-hydrogen) atoms. The zero-order valence-electron chi connectivity index (χ0n) is 15.2. The van der Waals surface area contributed by atoms with Gasteiger partial charge in [-0.2, -0.15) is 0 Å². The minimum absolute atomic E-state index is 0.213. The average Bonchev–Trinajstić information content (AvgIpc) is 3.09. The predicted octanol–water partition coefficient (Wildman–Crippen LogP) is 3.71. The average molecular weight is 343 g/mol. The van der Waals surface area contributed by atoms with E-state index in [0.29, 0.717) is 12.8 Å². The first kappa shape index (κ1) is 17.4. The van der Waals surface area contributed by atoms with Crippen LogP contribution in [0, 0.1) is 0 Å².